The summed E-state index contributed by atoms with van der Waals surface area (Å²) in [5, 5.41) is 13.1. The average Bonchev–Trinajstić information content (AvgIpc) is 2.81. The van der Waals surface area contributed by atoms with Gasteiger partial charge in [0.05, 0.1) is 22.3 Å². The molecule has 2 saturated heterocycles. The van der Waals surface area contributed by atoms with Crippen LogP contribution in [0.5, 0.6) is 0 Å². The van der Waals surface area contributed by atoms with Gasteiger partial charge in [-0.05, 0) is 43.5 Å². The van der Waals surface area contributed by atoms with Gasteiger partial charge in [0.15, 0.2) is 0 Å². The molecular weight excluding hydrogens is 246 g/mol. The number of hydrogen-bond donors (Lipinski definition) is 1. The summed E-state index contributed by atoms with van der Waals surface area (Å²) >= 11 is 6.27. The van der Waals surface area contributed by atoms with Crippen molar-refractivity contribution in [2.75, 3.05) is 24.5 Å². The number of piperidine rings is 1. The van der Waals surface area contributed by atoms with Crippen LogP contribution < -0.4 is 10.2 Å². The van der Waals surface area contributed by atoms with Gasteiger partial charge in [-0.25, -0.2) is 0 Å². The fraction of sp³-hybridized carbons (Fsp3) is 0.500. The van der Waals surface area contributed by atoms with E-state index < -0.39 is 0 Å². The molecule has 4 heteroatoms. The zero-order valence-electron chi connectivity index (χ0n) is 10.2. The molecule has 2 atom stereocenters. The topological polar surface area (TPSA) is 39.1 Å². The Kier molecular flexibility index (Phi) is 3.15. The van der Waals surface area contributed by atoms with Crippen LogP contribution in [-0.2, 0) is 0 Å². The molecule has 2 fully saturated rings. The third kappa shape index (κ3) is 2.07. The third-order valence-corrected chi connectivity index (χ3v) is 4.32. The molecule has 1 N–H and O–H groups in total. The highest BCUT2D eigenvalue weighted by Crippen LogP contribution is 2.33. The zero-order valence-corrected chi connectivity index (χ0v) is 11.0. The minimum absolute atomic E-state index is 0.602. The number of benzene rings is 1. The third-order valence-electron chi connectivity index (χ3n) is 4.02. The van der Waals surface area contributed by atoms with Crippen molar-refractivity contribution in [3.63, 3.8) is 0 Å². The Morgan fingerprint density at radius 3 is 3.00 bits per heavy atom. The zero-order chi connectivity index (χ0) is 12.5. The smallest absolute Gasteiger partial charge is 0.0992 e. The van der Waals surface area contributed by atoms with Crippen molar-refractivity contribution in [1.29, 1.82) is 5.26 Å². The monoisotopic (exact) mass is 261 g/mol. The van der Waals surface area contributed by atoms with Crippen molar-refractivity contribution in [3.05, 3.63) is 28.8 Å². The van der Waals surface area contributed by atoms with Crippen LogP contribution in [0.4, 0.5) is 5.69 Å². The molecule has 1 aromatic carbocycles. The van der Waals surface area contributed by atoms with E-state index in [1.807, 2.05) is 12.1 Å². The molecule has 0 bridgehead atoms. The molecule has 0 amide bonds. The molecule has 0 radical (unpaired) electrons. The molecule has 0 unspecified atom stereocenters. The van der Waals surface area contributed by atoms with E-state index in [-0.39, 0.29) is 0 Å². The van der Waals surface area contributed by atoms with Crippen molar-refractivity contribution in [1.82, 2.24) is 5.32 Å². The molecule has 2 aliphatic rings. The van der Waals surface area contributed by atoms with E-state index in [2.05, 4.69) is 16.3 Å². The molecule has 2 aliphatic heterocycles. The largest absolute Gasteiger partial charge is 0.368 e. The molecule has 0 saturated carbocycles. The fourth-order valence-corrected chi connectivity index (χ4v) is 3.38. The summed E-state index contributed by atoms with van der Waals surface area (Å²) in [6.45, 7) is 3.23. The SMILES string of the molecule is N#Cc1ccc(N2C[C@@H]3CCCN[C@@H]3C2)c(Cl)c1. The lowest BCUT2D eigenvalue weighted by atomic mass is 9.94. The number of halogens is 1. The Bertz CT molecular complexity index is 480. The summed E-state index contributed by atoms with van der Waals surface area (Å²) in [5.74, 6) is 0.741. The van der Waals surface area contributed by atoms with E-state index in [9.17, 15) is 0 Å². The number of fused-ring (bicyclic) bond motifs is 1. The van der Waals surface area contributed by atoms with Gasteiger partial charge in [-0.15, -0.1) is 0 Å². The molecule has 3 rings (SSSR count). The van der Waals surface area contributed by atoms with Crippen molar-refractivity contribution in [3.8, 4) is 6.07 Å². The lowest BCUT2D eigenvalue weighted by Gasteiger charge is -2.24. The van der Waals surface area contributed by atoms with E-state index in [1.54, 1.807) is 6.07 Å². The van der Waals surface area contributed by atoms with Gasteiger partial charge in [0.1, 0.15) is 0 Å². The first-order chi connectivity index (χ1) is 8.78. The summed E-state index contributed by atoms with van der Waals surface area (Å²) < 4.78 is 0. The standard InChI is InChI=1S/C14H16ClN3/c15-12-6-10(7-16)3-4-14(12)18-8-11-2-1-5-17-13(11)9-18/h3-4,6,11,13,17H,1-2,5,8-9H2/t11-,13+/m0/s1. The number of rotatable bonds is 1. The maximum atomic E-state index is 8.85. The minimum atomic E-state index is 0.602. The number of nitrogens with one attached hydrogen (secondary N) is 1. The summed E-state index contributed by atoms with van der Waals surface area (Å²) in [4.78, 5) is 2.34. The van der Waals surface area contributed by atoms with Crippen LogP contribution in [0.15, 0.2) is 18.2 Å². The molecule has 0 spiro atoms. The van der Waals surface area contributed by atoms with Crippen molar-refractivity contribution < 1.29 is 0 Å². The molecule has 18 heavy (non-hydrogen) atoms. The van der Waals surface area contributed by atoms with Gasteiger partial charge in [0, 0.05) is 19.1 Å². The minimum Gasteiger partial charge on any atom is -0.368 e. The van der Waals surface area contributed by atoms with E-state index in [4.69, 9.17) is 16.9 Å². The van der Waals surface area contributed by atoms with Crippen LogP contribution in [0, 0.1) is 17.2 Å². The Labute approximate surface area is 112 Å². The second-order valence-corrected chi connectivity index (χ2v) is 5.55. The second kappa shape index (κ2) is 4.79. The van der Waals surface area contributed by atoms with Gasteiger partial charge in [-0.1, -0.05) is 11.6 Å². The van der Waals surface area contributed by atoms with Gasteiger partial charge in [0.25, 0.3) is 0 Å². The molecule has 2 heterocycles. The Balaban J connectivity index is 1.82. The van der Waals surface area contributed by atoms with Gasteiger partial charge in [0.2, 0.25) is 0 Å². The normalized spacial score (nSPS) is 26.8. The number of nitriles is 1. The average molecular weight is 262 g/mol. The van der Waals surface area contributed by atoms with Gasteiger partial charge in [-0.3, -0.25) is 0 Å². The van der Waals surface area contributed by atoms with E-state index >= 15 is 0 Å². The van der Waals surface area contributed by atoms with Crippen LogP contribution in [0.1, 0.15) is 18.4 Å². The predicted octanol–water partition coefficient (Wildman–Crippen LogP) is 2.40. The van der Waals surface area contributed by atoms with Crippen LogP contribution in [0.25, 0.3) is 0 Å². The highest BCUT2D eigenvalue weighted by Gasteiger charge is 2.34. The lowest BCUT2D eigenvalue weighted by molar-refractivity contribution is 0.340. The predicted molar refractivity (Wildman–Crippen MR) is 72.9 cm³/mol. The fourth-order valence-electron chi connectivity index (χ4n) is 3.08. The molecule has 1 aromatic rings. The van der Waals surface area contributed by atoms with Gasteiger partial charge >= 0.3 is 0 Å². The highest BCUT2D eigenvalue weighted by atomic mass is 35.5. The van der Waals surface area contributed by atoms with Crippen molar-refractivity contribution >= 4 is 17.3 Å². The quantitative estimate of drug-likeness (QED) is 0.844. The second-order valence-electron chi connectivity index (χ2n) is 5.15. The Hall–Kier alpha value is -1.24. The molecular formula is C14H16ClN3. The number of hydrogen-bond acceptors (Lipinski definition) is 3. The van der Waals surface area contributed by atoms with E-state index in [1.165, 1.54) is 12.8 Å². The molecule has 94 valence electrons. The first-order valence-corrected chi connectivity index (χ1v) is 6.83. The highest BCUT2D eigenvalue weighted by molar-refractivity contribution is 6.33. The maximum Gasteiger partial charge on any atom is 0.0992 e. The molecule has 0 aliphatic carbocycles. The Morgan fingerprint density at radius 1 is 1.39 bits per heavy atom. The maximum absolute atomic E-state index is 8.85. The molecule has 3 nitrogen and oxygen atoms in total. The molecule has 0 aromatic heterocycles. The Morgan fingerprint density at radius 2 is 2.28 bits per heavy atom. The number of nitrogens with zero attached hydrogens (tertiary/aromatic N) is 2. The first-order valence-electron chi connectivity index (χ1n) is 6.46. The van der Waals surface area contributed by atoms with Crippen molar-refractivity contribution in [2.45, 2.75) is 18.9 Å². The number of anilines is 1. The van der Waals surface area contributed by atoms with Gasteiger partial charge < -0.3 is 10.2 Å². The van der Waals surface area contributed by atoms with Crippen LogP contribution >= 0.6 is 11.6 Å². The van der Waals surface area contributed by atoms with Crippen molar-refractivity contribution in [2.24, 2.45) is 5.92 Å². The summed E-state index contributed by atoms with van der Waals surface area (Å²) in [6, 6.07) is 8.29. The summed E-state index contributed by atoms with van der Waals surface area (Å²) in [7, 11) is 0. The lowest BCUT2D eigenvalue weighted by Crippen LogP contribution is -2.40. The van der Waals surface area contributed by atoms with Crippen LogP contribution in [0.3, 0.4) is 0 Å². The first kappa shape index (κ1) is 11.8. The van der Waals surface area contributed by atoms with Gasteiger partial charge in [-0.2, -0.15) is 5.26 Å². The van der Waals surface area contributed by atoms with Crippen LogP contribution in [-0.4, -0.2) is 25.7 Å². The summed E-state index contributed by atoms with van der Waals surface area (Å²) in [6.07, 6.45) is 2.58. The summed E-state index contributed by atoms with van der Waals surface area (Å²) in [5.41, 5.74) is 1.69. The van der Waals surface area contributed by atoms with Crippen LogP contribution in [0.2, 0.25) is 5.02 Å². The van der Waals surface area contributed by atoms with E-state index in [0.717, 1.165) is 31.2 Å². The van der Waals surface area contributed by atoms with E-state index in [0.29, 0.717) is 16.6 Å².